The Morgan fingerprint density at radius 3 is 2.52 bits per heavy atom. The van der Waals surface area contributed by atoms with Crippen LogP contribution in [0.25, 0.3) is 0 Å². The molecular weight excluding hydrogens is 342 g/mol. The molecule has 1 saturated heterocycles. The molecule has 27 heavy (non-hydrogen) atoms. The molecule has 0 aliphatic carbocycles. The van der Waals surface area contributed by atoms with Crippen LogP contribution in [0.1, 0.15) is 52.1 Å². The number of rotatable bonds is 7. The van der Waals surface area contributed by atoms with E-state index in [9.17, 15) is 9.59 Å². The molecule has 6 nitrogen and oxygen atoms in total. The van der Waals surface area contributed by atoms with E-state index in [-0.39, 0.29) is 29.9 Å². The molecule has 0 saturated carbocycles. The van der Waals surface area contributed by atoms with Crippen LogP contribution < -0.4 is 10.1 Å². The van der Waals surface area contributed by atoms with E-state index >= 15 is 0 Å². The highest BCUT2D eigenvalue weighted by Crippen LogP contribution is 2.32. The minimum absolute atomic E-state index is 0.0307. The molecule has 6 heteroatoms. The van der Waals surface area contributed by atoms with E-state index in [2.05, 4.69) is 22.3 Å². The van der Waals surface area contributed by atoms with E-state index in [1.165, 1.54) is 10.5 Å². The van der Waals surface area contributed by atoms with Gasteiger partial charge in [0, 0.05) is 18.6 Å². The lowest BCUT2D eigenvalue weighted by Crippen LogP contribution is -2.47. The van der Waals surface area contributed by atoms with Crippen molar-refractivity contribution in [1.82, 2.24) is 15.1 Å². The van der Waals surface area contributed by atoms with Crippen LogP contribution in [0.2, 0.25) is 0 Å². The number of nitrogens with one attached hydrogen (secondary N) is 1. The lowest BCUT2D eigenvalue weighted by molar-refractivity contribution is -0.136. The van der Waals surface area contributed by atoms with Gasteiger partial charge in [-0.1, -0.05) is 12.1 Å². The molecule has 0 aromatic heterocycles. The van der Waals surface area contributed by atoms with E-state index in [0.717, 1.165) is 25.1 Å². The summed E-state index contributed by atoms with van der Waals surface area (Å²) < 4.78 is 5.51. The summed E-state index contributed by atoms with van der Waals surface area (Å²) in [4.78, 5) is 28.4. The van der Waals surface area contributed by atoms with Crippen molar-refractivity contribution in [1.29, 1.82) is 0 Å². The molecule has 1 fully saturated rings. The Hall–Kier alpha value is -2.08. The summed E-state index contributed by atoms with van der Waals surface area (Å²) in [6.45, 7) is 9.71. The Kier molecular flexibility index (Phi) is 7.25. The van der Waals surface area contributed by atoms with Gasteiger partial charge >= 0.3 is 0 Å². The molecule has 150 valence electrons. The molecule has 2 amide bonds. The first-order valence-electron chi connectivity index (χ1n) is 9.71. The summed E-state index contributed by atoms with van der Waals surface area (Å²) in [6, 6.07) is 8.37. The highest BCUT2D eigenvalue weighted by atomic mass is 16.5. The van der Waals surface area contributed by atoms with Crippen LogP contribution in [0.15, 0.2) is 24.3 Å². The average molecular weight is 376 g/mol. The number of likely N-dealkylation sites (N-methyl/N-ethyl adjacent to an activating group) is 1. The molecule has 1 atom stereocenters. The predicted molar refractivity (Wildman–Crippen MR) is 107 cm³/mol. The fourth-order valence-corrected chi connectivity index (χ4v) is 3.40. The summed E-state index contributed by atoms with van der Waals surface area (Å²) in [5.41, 5.74) is 0.908. The van der Waals surface area contributed by atoms with Gasteiger partial charge < -0.3 is 15.0 Å². The number of likely N-dealkylation sites (tertiary alicyclic amines) is 1. The van der Waals surface area contributed by atoms with Crippen LogP contribution in [-0.2, 0) is 9.59 Å². The molecule has 1 heterocycles. The summed E-state index contributed by atoms with van der Waals surface area (Å²) in [5.74, 6) is 0.700. The van der Waals surface area contributed by atoms with E-state index in [1.54, 1.807) is 7.05 Å². The quantitative estimate of drug-likeness (QED) is 0.796. The Morgan fingerprint density at radius 2 is 1.93 bits per heavy atom. The van der Waals surface area contributed by atoms with Gasteiger partial charge in [-0.05, 0) is 64.8 Å². The van der Waals surface area contributed by atoms with E-state index in [0.29, 0.717) is 13.2 Å². The van der Waals surface area contributed by atoms with Crippen molar-refractivity contribution >= 4 is 11.8 Å². The molecule has 1 aromatic carbocycles. The number of nitrogens with zero attached hydrogens (tertiary/aromatic N) is 2. The molecular formula is C21H33N3O3. The summed E-state index contributed by atoms with van der Waals surface area (Å²) >= 11 is 0. The molecule has 0 radical (unpaired) electrons. The monoisotopic (exact) mass is 375 g/mol. The van der Waals surface area contributed by atoms with E-state index in [1.807, 2.05) is 39.8 Å². The van der Waals surface area contributed by atoms with Crippen molar-refractivity contribution in [2.75, 3.05) is 33.3 Å². The molecule has 1 N–H and O–H groups in total. The second-order valence-electron chi connectivity index (χ2n) is 8.18. The van der Waals surface area contributed by atoms with E-state index in [4.69, 9.17) is 4.74 Å². The van der Waals surface area contributed by atoms with Gasteiger partial charge in [-0.15, -0.1) is 0 Å². The van der Waals surface area contributed by atoms with Gasteiger partial charge in [0.15, 0.2) is 0 Å². The van der Waals surface area contributed by atoms with Crippen LogP contribution >= 0.6 is 0 Å². The normalized spacial score (nSPS) is 17.6. The van der Waals surface area contributed by atoms with Crippen molar-refractivity contribution in [2.45, 2.75) is 52.1 Å². The fourth-order valence-electron chi connectivity index (χ4n) is 3.40. The van der Waals surface area contributed by atoms with Crippen LogP contribution in [0, 0.1) is 0 Å². The maximum absolute atomic E-state index is 12.6. The third-order valence-electron chi connectivity index (χ3n) is 4.60. The average Bonchev–Trinajstić information content (AvgIpc) is 3.02. The van der Waals surface area contributed by atoms with Gasteiger partial charge in [0.25, 0.3) is 0 Å². The first-order chi connectivity index (χ1) is 12.7. The standard InChI is InChI=1S/C21H33N3O3/c1-6-27-17-11-9-16(10-12-17)18-8-7-13-24(18)15-20(26)23(5)14-19(25)22-21(2,3)4/h9-12,18H,6-8,13-15H2,1-5H3,(H,22,25). The SMILES string of the molecule is CCOc1ccc(C2CCCN2CC(=O)N(C)CC(=O)NC(C)(C)C)cc1. The molecule has 1 aliphatic rings. The Morgan fingerprint density at radius 1 is 1.26 bits per heavy atom. The smallest absolute Gasteiger partial charge is 0.240 e. The first kappa shape index (κ1) is 21.2. The fraction of sp³-hybridized carbons (Fsp3) is 0.619. The molecule has 0 bridgehead atoms. The summed E-state index contributed by atoms with van der Waals surface area (Å²) in [6.07, 6.45) is 2.11. The Bertz CT molecular complexity index is 637. The van der Waals surface area contributed by atoms with Gasteiger partial charge in [-0.3, -0.25) is 14.5 Å². The highest BCUT2D eigenvalue weighted by molar-refractivity contribution is 5.85. The van der Waals surface area contributed by atoms with Gasteiger partial charge in [0.05, 0.1) is 19.7 Å². The van der Waals surface area contributed by atoms with Crippen LogP contribution in [0.4, 0.5) is 0 Å². The zero-order valence-electron chi connectivity index (χ0n) is 17.2. The van der Waals surface area contributed by atoms with Crippen molar-refractivity contribution in [3.05, 3.63) is 29.8 Å². The van der Waals surface area contributed by atoms with Crippen LogP contribution in [0.5, 0.6) is 5.75 Å². The van der Waals surface area contributed by atoms with Crippen molar-refractivity contribution < 1.29 is 14.3 Å². The Labute approximate surface area is 162 Å². The number of carbonyl (C=O) groups is 2. The van der Waals surface area contributed by atoms with Crippen LogP contribution in [-0.4, -0.2) is 60.4 Å². The molecule has 2 rings (SSSR count). The minimum Gasteiger partial charge on any atom is -0.494 e. The third kappa shape index (κ3) is 6.54. The second-order valence-corrected chi connectivity index (χ2v) is 8.18. The van der Waals surface area contributed by atoms with Crippen molar-refractivity contribution in [3.63, 3.8) is 0 Å². The predicted octanol–water partition coefficient (Wildman–Crippen LogP) is 2.60. The topological polar surface area (TPSA) is 61.9 Å². The van der Waals surface area contributed by atoms with Gasteiger partial charge in [0.2, 0.25) is 11.8 Å². The molecule has 0 spiro atoms. The minimum atomic E-state index is -0.297. The number of carbonyl (C=O) groups excluding carboxylic acids is 2. The first-order valence-corrected chi connectivity index (χ1v) is 9.71. The zero-order chi connectivity index (χ0) is 20.0. The van der Waals surface area contributed by atoms with Gasteiger partial charge in [-0.25, -0.2) is 0 Å². The second kappa shape index (κ2) is 9.22. The van der Waals surface area contributed by atoms with Gasteiger partial charge in [-0.2, -0.15) is 0 Å². The molecule has 1 aromatic rings. The zero-order valence-corrected chi connectivity index (χ0v) is 17.2. The largest absolute Gasteiger partial charge is 0.494 e. The number of amides is 2. The third-order valence-corrected chi connectivity index (χ3v) is 4.60. The molecule has 1 unspecified atom stereocenters. The lowest BCUT2D eigenvalue weighted by atomic mass is 10.0. The van der Waals surface area contributed by atoms with E-state index < -0.39 is 0 Å². The number of benzene rings is 1. The lowest BCUT2D eigenvalue weighted by Gasteiger charge is -2.27. The highest BCUT2D eigenvalue weighted by Gasteiger charge is 2.29. The van der Waals surface area contributed by atoms with Gasteiger partial charge in [0.1, 0.15) is 5.75 Å². The van der Waals surface area contributed by atoms with Crippen LogP contribution in [0.3, 0.4) is 0 Å². The number of ether oxygens (including phenoxy) is 1. The van der Waals surface area contributed by atoms with Crippen molar-refractivity contribution in [3.8, 4) is 5.75 Å². The molecule has 1 aliphatic heterocycles. The summed E-state index contributed by atoms with van der Waals surface area (Å²) in [7, 11) is 1.69. The summed E-state index contributed by atoms with van der Waals surface area (Å²) in [5, 5.41) is 2.89. The maximum atomic E-state index is 12.6. The number of hydrogen-bond acceptors (Lipinski definition) is 4. The number of hydrogen-bond donors (Lipinski definition) is 1. The Balaban J connectivity index is 1.92. The van der Waals surface area contributed by atoms with Crippen molar-refractivity contribution in [2.24, 2.45) is 0 Å². The maximum Gasteiger partial charge on any atom is 0.240 e.